The summed E-state index contributed by atoms with van der Waals surface area (Å²) >= 11 is 1.45. The Hall–Kier alpha value is -2.15. The Morgan fingerprint density at radius 2 is 1.50 bits per heavy atom. The van der Waals surface area contributed by atoms with Crippen LogP contribution in [0.1, 0.15) is 13.3 Å². The molecule has 1 aromatic heterocycles. The molecule has 0 radical (unpaired) electrons. The van der Waals surface area contributed by atoms with Crippen molar-refractivity contribution in [1.29, 1.82) is 0 Å². The minimum atomic E-state index is 0.374. The average Bonchev–Trinajstić information content (AvgIpc) is 2.50. The maximum atomic E-state index is 5.65. The molecular formula is C15H20N4O2S. The first kappa shape index (κ1) is 16.2. The molecule has 0 saturated carbocycles. The Morgan fingerprint density at radius 3 is 2.05 bits per heavy atom. The van der Waals surface area contributed by atoms with Crippen LogP contribution in [-0.2, 0) is 0 Å². The second-order valence-electron chi connectivity index (χ2n) is 4.52. The van der Waals surface area contributed by atoms with Gasteiger partial charge in [0.05, 0.1) is 13.2 Å². The fraction of sp³-hybridized carbons (Fsp3) is 0.333. The fourth-order valence-electron chi connectivity index (χ4n) is 1.67. The molecule has 1 heterocycles. The van der Waals surface area contributed by atoms with Crippen LogP contribution in [0.4, 0.5) is 11.6 Å². The van der Waals surface area contributed by atoms with Crippen LogP contribution in [0.15, 0.2) is 35.5 Å². The molecule has 22 heavy (non-hydrogen) atoms. The summed E-state index contributed by atoms with van der Waals surface area (Å²) in [7, 11) is 0. The molecule has 118 valence electrons. The van der Waals surface area contributed by atoms with Crippen LogP contribution in [0, 0.1) is 0 Å². The highest BCUT2D eigenvalue weighted by Crippen LogP contribution is 2.19. The second kappa shape index (κ2) is 8.33. The van der Waals surface area contributed by atoms with Crippen molar-refractivity contribution in [2.45, 2.75) is 18.5 Å². The van der Waals surface area contributed by atoms with E-state index in [-0.39, 0.29) is 0 Å². The maximum absolute atomic E-state index is 5.65. The lowest BCUT2D eigenvalue weighted by Crippen LogP contribution is -2.03. The molecule has 0 spiro atoms. The van der Waals surface area contributed by atoms with E-state index < -0.39 is 0 Å². The van der Waals surface area contributed by atoms with Gasteiger partial charge in [-0.2, -0.15) is 0 Å². The van der Waals surface area contributed by atoms with E-state index in [1.54, 1.807) is 0 Å². The van der Waals surface area contributed by atoms with E-state index in [0.717, 1.165) is 24.5 Å². The number of nitrogens with two attached hydrogens (primary N) is 2. The molecule has 0 bridgehead atoms. The van der Waals surface area contributed by atoms with Crippen molar-refractivity contribution in [3.63, 3.8) is 0 Å². The van der Waals surface area contributed by atoms with Crippen molar-refractivity contribution in [1.82, 2.24) is 9.97 Å². The van der Waals surface area contributed by atoms with Crippen LogP contribution in [0.5, 0.6) is 11.5 Å². The zero-order valence-corrected chi connectivity index (χ0v) is 13.3. The highest BCUT2D eigenvalue weighted by molar-refractivity contribution is 7.99. The largest absolute Gasteiger partial charge is 0.494 e. The number of aromatic nitrogens is 2. The molecule has 0 amide bonds. The Bertz CT molecular complexity index is 572. The highest BCUT2D eigenvalue weighted by atomic mass is 32.2. The number of nitrogens with zero attached hydrogens (tertiary/aromatic N) is 2. The molecule has 2 rings (SSSR count). The van der Waals surface area contributed by atoms with Crippen LogP contribution in [0.25, 0.3) is 0 Å². The van der Waals surface area contributed by atoms with Crippen LogP contribution in [-0.4, -0.2) is 28.9 Å². The van der Waals surface area contributed by atoms with Gasteiger partial charge in [-0.1, -0.05) is 18.7 Å². The molecule has 0 aliphatic carbocycles. The van der Waals surface area contributed by atoms with Gasteiger partial charge in [0.2, 0.25) is 0 Å². The molecule has 6 nitrogen and oxygen atoms in total. The zero-order valence-electron chi connectivity index (χ0n) is 12.5. The summed E-state index contributed by atoms with van der Waals surface area (Å²) in [5.41, 5.74) is 11.2. The molecular weight excluding hydrogens is 300 g/mol. The number of rotatable bonds is 8. The molecule has 0 aliphatic heterocycles. The first-order chi connectivity index (χ1) is 10.7. The Morgan fingerprint density at radius 1 is 0.955 bits per heavy atom. The van der Waals surface area contributed by atoms with E-state index in [2.05, 4.69) is 16.9 Å². The molecule has 0 saturated heterocycles. The number of thioether (sulfide) groups is 1. The average molecular weight is 320 g/mol. The van der Waals surface area contributed by atoms with Gasteiger partial charge in [-0.3, -0.25) is 0 Å². The van der Waals surface area contributed by atoms with E-state index in [0.29, 0.717) is 29.2 Å². The standard InChI is InChI=1S/C15H20N4O2S/c1-2-7-20-11-3-5-12(6-4-11)21-8-9-22-15-18-13(16)10-14(17)19-15/h3-6,10H,2,7-9H2,1H3,(H4,16,17,18,19). The Balaban J connectivity index is 1.74. The van der Waals surface area contributed by atoms with Gasteiger partial charge >= 0.3 is 0 Å². The number of ether oxygens (including phenoxy) is 2. The van der Waals surface area contributed by atoms with Gasteiger partial charge in [0, 0.05) is 11.8 Å². The lowest BCUT2D eigenvalue weighted by molar-refractivity contribution is 0.314. The summed E-state index contributed by atoms with van der Waals surface area (Å²) in [4.78, 5) is 8.19. The molecule has 7 heteroatoms. The van der Waals surface area contributed by atoms with Gasteiger partial charge in [-0.25, -0.2) is 9.97 Å². The van der Waals surface area contributed by atoms with Gasteiger partial charge < -0.3 is 20.9 Å². The summed E-state index contributed by atoms with van der Waals surface area (Å²) in [6.07, 6.45) is 0.992. The Labute approximate surface area is 134 Å². The van der Waals surface area contributed by atoms with Crippen molar-refractivity contribution < 1.29 is 9.47 Å². The van der Waals surface area contributed by atoms with Crippen LogP contribution < -0.4 is 20.9 Å². The first-order valence-corrected chi connectivity index (χ1v) is 8.04. The smallest absolute Gasteiger partial charge is 0.191 e. The minimum Gasteiger partial charge on any atom is -0.494 e. The zero-order chi connectivity index (χ0) is 15.8. The van der Waals surface area contributed by atoms with Crippen molar-refractivity contribution >= 4 is 23.4 Å². The molecule has 0 fully saturated rings. The third-order valence-electron chi connectivity index (χ3n) is 2.63. The number of hydrogen-bond acceptors (Lipinski definition) is 7. The summed E-state index contributed by atoms with van der Waals surface area (Å²) in [6.45, 7) is 3.34. The first-order valence-electron chi connectivity index (χ1n) is 7.06. The maximum Gasteiger partial charge on any atom is 0.191 e. The third-order valence-corrected chi connectivity index (χ3v) is 3.44. The lowest BCUT2D eigenvalue weighted by Gasteiger charge is -2.08. The lowest BCUT2D eigenvalue weighted by atomic mass is 10.3. The third kappa shape index (κ3) is 5.33. The van der Waals surface area contributed by atoms with Crippen molar-refractivity contribution in [2.75, 3.05) is 30.4 Å². The molecule has 0 atom stereocenters. The van der Waals surface area contributed by atoms with E-state index >= 15 is 0 Å². The Kier molecular flexibility index (Phi) is 6.14. The molecule has 2 aromatic rings. The highest BCUT2D eigenvalue weighted by Gasteiger charge is 2.02. The van der Waals surface area contributed by atoms with E-state index in [9.17, 15) is 0 Å². The SMILES string of the molecule is CCCOc1ccc(OCCSc2nc(N)cc(N)n2)cc1. The van der Waals surface area contributed by atoms with Gasteiger partial charge in [-0.05, 0) is 30.7 Å². The monoisotopic (exact) mass is 320 g/mol. The molecule has 0 unspecified atom stereocenters. The number of anilines is 2. The van der Waals surface area contributed by atoms with E-state index in [4.69, 9.17) is 20.9 Å². The predicted molar refractivity (Wildman–Crippen MR) is 89.3 cm³/mol. The summed E-state index contributed by atoms with van der Waals surface area (Å²) in [6, 6.07) is 9.12. The van der Waals surface area contributed by atoms with Gasteiger partial charge in [0.15, 0.2) is 5.16 Å². The molecule has 4 N–H and O–H groups in total. The van der Waals surface area contributed by atoms with Crippen molar-refractivity contribution in [3.05, 3.63) is 30.3 Å². The molecule has 0 aliphatic rings. The van der Waals surface area contributed by atoms with Crippen LogP contribution >= 0.6 is 11.8 Å². The van der Waals surface area contributed by atoms with Gasteiger partial charge in [0.1, 0.15) is 23.1 Å². The van der Waals surface area contributed by atoms with E-state index in [1.165, 1.54) is 17.8 Å². The normalized spacial score (nSPS) is 10.4. The number of nitrogen functional groups attached to an aromatic ring is 2. The van der Waals surface area contributed by atoms with Gasteiger partial charge in [-0.15, -0.1) is 0 Å². The van der Waals surface area contributed by atoms with E-state index in [1.807, 2.05) is 24.3 Å². The summed E-state index contributed by atoms with van der Waals surface area (Å²) in [5, 5.41) is 0.560. The second-order valence-corrected chi connectivity index (χ2v) is 5.58. The molecule has 1 aromatic carbocycles. The fourth-order valence-corrected chi connectivity index (χ4v) is 2.36. The summed E-state index contributed by atoms with van der Waals surface area (Å²) < 4.78 is 11.2. The van der Waals surface area contributed by atoms with Crippen LogP contribution in [0.2, 0.25) is 0 Å². The summed E-state index contributed by atoms with van der Waals surface area (Å²) in [5.74, 6) is 3.11. The van der Waals surface area contributed by atoms with Gasteiger partial charge in [0.25, 0.3) is 0 Å². The van der Waals surface area contributed by atoms with Crippen LogP contribution in [0.3, 0.4) is 0 Å². The number of benzene rings is 1. The number of hydrogen-bond donors (Lipinski definition) is 2. The topological polar surface area (TPSA) is 96.3 Å². The van der Waals surface area contributed by atoms with Crippen molar-refractivity contribution in [3.8, 4) is 11.5 Å². The predicted octanol–water partition coefficient (Wildman–Crippen LogP) is 2.60. The quantitative estimate of drug-likeness (QED) is 0.438. The minimum absolute atomic E-state index is 0.374. The van der Waals surface area contributed by atoms with Crippen molar-refractivity contribution in [2.24, 2.45) is 0 Å².